The average Bonchev–Trinajstić information content (AvgIpc) is 3.48. The molecule has 3 amide bonds. The smallest absolute Gasteiger partial charge is 0.246 e. The van der Waals surface area contributed by atoms with Gasteiger partial charge in [-0.25, -0.2) is 9.37 Å². The lowest BCUT2D eigenvalue weighted by molar-refractivity contribution is -0.174. The fourth-order valence-corrected chi connectivity index (χ4v) is 6.55. The lowest BCUT2D eigenvalue weighted by Crippen LogP contribution is -2.71. The van der Waals surface area contributed by atoms with Crippen molar-refractivity contribution in [1.82, 2.24) is 19.7 Å². The van der Waals surface area contributed by atoms with Crippen LogP contribution in [-0.4, -0.2) is 67.8 Å². The molecule has 210 valence electrons. The molecule has 8 nitrogen and oxygen atoms in total. The summed E-state index contributed by atoms with van der Waals surface area (Å²) >= 11 is 1.21. The Labute approximate surface area is 240 Å². The standard InChI is InChI=1S/C31H29FN4O4S/c32-24-12-9-22(29-30(24)41-19-33-29)17-34-18-26-35(27(38)13-8-20-4-2-1-3-5-20)15-14-28(39)36(26)25(31(34)40)16-21-6-10-23(37)11-7-21/h1-7,9-12,19,25-26,37H,8,13-18H2/t25-,26+/m0/s1. The Hall–Kier alpha value is -4.31. The highest BCUT2D eigenvalue weighted by Crippen LogP contribution is 2.31. The molecule has 0 spiro atoms. The minimum absolute atomic E-state index is 0.0716. The Balaban J connectivity index is 1.32. The van der Waals surface area contributed by atoms with E-state index < -0.39 is 12.2 Å². The van der Waals surface area contributed by atoms with Crippen LogP contribution in [-0.2, 0) is 33.8 Å². The summed E-state index contributed by atoms with van der Waals surface area (Å²) in [6.07, 6.45) is 0.624. The Morgan fingerprint density at radius 1 is 1.02 bits per heavy atom. The predicted octanol–water partition coefficient (Wildman–Crippen LogP) is 4.11. The normalized spacial score (nSPS) is 19.1. The third-order valence-electron chi connectivity index (χ3n) is 7.89. The zero-order chi connectivity index (χ0) is 28.5. The van der Waals surface area contributed by atoms with E-state index in [2.05, 4.69) is 4.98 Å². The van der Waals surface area contributed by atoms with Crippen LogP contribution in [0.2, 0.25) is 0 Å². The minimum atomic E-state index is -0.832. The monoisotopic (exact) mass is 572 g/mol. The van der Waals surface area contributed by atoms with E-state index in [4.69, 9.17) is 0 Å². The molecule has 3 heterocycles. The van der Waals surface area contributed by atoms with E-state index in [0.29, 0.717) is 22.2 Å². The van der Waals surface area contributed by atoms with Gasteiger partial charge in [0.15, 0.2) is 0 Å². The highest BCUT2D eigenvalue weighted by molar-refractivity contribution is 7.16. The number of benzene rings is 3. The van der Waals surface area contributed by atoms with Gasteiger partial charge in [0.1, 0.15) is 23.8 Å². The molecule has 41 heavy (non-hydrogen) atoms. The number of aryl methyl sites for hydroxylation is 1. The van der Waals surface area contributed by atoms with Crippen LogP contribution < -0.4 is 0 Å². The van der Waals surface area contributed by atoms with E-state index in [1.54, 1.807) is 50.5 Å². The van der Waals surface area contributed by atoms with E-state index in [1.807, 2.05) is 30.3 Å². The van der Waals surface area contributed by atoms with Crippen molar-refractivity contribution >= 4 is 39.3 Å². The third-order valence-corrected chi connectivity index (χ3v) is 8.72. The maximum Gasteiger partial charge on any atom is 0.246 e. The molecule has 2 aliphatic heterocycles. The van der Waals surface area contributed by atoms with Crippen LogP contribution in [0.3, 0.4) is 0 Å². The number of fused-ring (bicyclic) bond motifs is 2. The van der Waals surface area contributed by atoms with Gasteiger partial charge in [0.25, 0.3) is 0 Å². The van der Waals surface area contributed by atoms with Crippen LogP contribution in [0.4, 0.5) is 4.39 Å². The van der Waals surface area contributed by atoms with Gasteiger partial charge in [-0.3, -0.25) is 14.4 Å². The van der Waals surface area contributed by atoms with E-state index in [9.17, 15) is 23.9 Å². The van der Waals surface area contributed by atoms with Crippen LogP contribution >= 0.6 is 11.3 Å². The summed E-state index contributed by atoms with van der Waals surface area (Å²) in [7, 11) is 0. The molecule has 1 aromatic heterocycles. The third kappa shape index (κ3) is 5.39. The highest BCUT2D eigenvalue weighted by Gasteiger charge is 2.48. The average molecular weight is 573 g/mol. The summed E-state index contributed by atoms with van der Waals surface area (Å²) in [6.45, 7) is 0.612. The fourth-order valence-electron chi connectivity index (χ4n) is 5.82. The number of amides is 3. The van der Waals surface area contributed by atoms with Crippen molar-refractivity contribution in [1.29, 1.82) is 0 Å². The molecule has 0 bridgehead atoms. The Bertz CT molecular complexity index is 1590. The van der Waals surface area contributed by atoms with Crippen molar-refractivity contribution < 1.29 is 23.9 Å². The van der Waals surface area contributed by atoms with Crippen LogP contribution in [0.25, 0.3) is 10.2 Å². The van der Waals surface area contributed by atoms with Gasteiger partial charge in [-0.15, -0.1) is 11.3 Å². The fraction of sp³-hybridized carbons (Fsp3) is 0.290. The summed E-state index contributed by atoms with van der Waals surface area (Å²) in [5.41, 5.74) is 4.64. The Morgan fingerprint density at radius 3 is 2.59 bits per heavy atom. The SMILES string of the molecule is O=C1[C@H](Cc2ccc(O)cc2)N2C(=O)CCN(C(=O)CCc3ccccc3)[C@H]2CN1Cc1ccc(F)c2scnc12. The van der Waals surface area contributed by atoms with Gasteiger partial charge >= 0.3 is 0 Å². The number of rotatable bonds is 7. The molecule has 3 aromatic carbocycles. The van der Waals surface area contributed by atoms with Gasteiger partial charge in [-0.05, 0) is 41.3 Å². The van der Waals surface area contributed by atoms with Crippen molar-refractivity contribution in [2.45, 2.75) is 44.4 Å². The molecule has 0 unspecified atom stereocenters. The number of aromatic hydroxyl groups is 1. The Morgan fingerprint density at radius 2 is 1.80 bits per heavy atom. The second kappa shape index (κ2) is 11.3. The molecule has 2 fully saturated rings. The maximum atomic E-state index is 14.4. The van der Waals surface area contributed by atoms with Crippen LogP contribution in [0.15, 0.2) is 72.2 Å². The zero-order valence-electron chi connectivity index (χ0n) is 22.3. The number of phenolic OH excluding ortho intramolecular Hbond substituents is 1. The first kappa shape index (κ1) is 26.9. The summed E-state index contributed by atoms with van der Waals surface area (Å²) in [4.78, 5) is 50.2. The lowest BCUT2D eigenvalue weighted by Gasteiger charge is -2.52. The number of thiazole rings is 1. The van der Waals surface area contributed by atoms with Crippen LogP contribution in [0.5, 0.6) is 5.75 Å². The number of hydrogen-bond acceptors (Lipinski definition) is 6. The van der Waals surface area contributed by atoms with Crippen molar-refractivity contribution in [3.8, 4) is 5.75 Å². The molecular weight excluding hydrogens is 543 g/mol. The number of carbonyl (C=O) groups excluding carboxylic acids is 3. The largest absolute Gasteiger partial charge is 0.508 e. The minimum Gasteiger partial charge on any atom is -0.508 e. The molecule has 10 heteroatoms. The van der Waals surface area contributed by atoms with Crippen molar-refractivity contribution in [2.24, 2.45) is 0 Å². The summed E-state index contributed by atoms with van der Waals surface area (Å²) in [6, 6.07) is 18.5. The van der Waals surface area contributed by atoms with E-state index in [0.717, 1.165) is 11.1 Å². The van der Waals surface area contributed by atoms with Crippen molar-refractivity contribution in [3.05, 3.63) is 94.7 Å². The van der Waals surface area contributed by atoms with Gasteiger partial charge in [0.2, 0.25) is 17.7 Å². The van der Waals surface area contributed by atoms with Gasteiger partial charge in [0.05, 0.1) is 22.3 Å². The topological polar surface area (TPSA) is 94.0 Å². The molecule has 2 saturated heterocycles. The number of halogens is 1. The maximum absolute atomic E-state index is 14.4. The molecule has 1 N–H and O–H groups in total. The Kier molecular flexibility index (Phi) is 7.40. The van der Waals surface area contributed by atoms with Crippen molar-refractivity contribution in [2.75, 3.05) is 13.1 Å². The molecule has 0 saturated carbocycles. The molecule has 0 radical (unpaired) electrons. The van der Waals surface area contributed by atoms with Gasteiger partial charge in [-0.2, -0.15) is 0 Å². The number of phenols is 1. The first-order valence-corrected chi connectivity index (χ1v) is 14.5. The lowest BCUT2D eigenvalue weighted by atomic mass is 9.96. The first-order chi connectivity index (χ1) is 19.9. The number of carbonyl (C=O) groups is 3. The van der Waals surface area contributed by atoms with E-state index >= 15 is 0 Å². The second-order valence-corrected chi connectivity index (χ2v) is 11.3. The van der Waals surface area contributed by atoms with Crippen LogP contribution in [0.1, 0.15) is 29.5 Å². The molecule has 0 aliphatic carbocycles. The predicted molar refractivity (Wildman–Crippen MR) is 152 cm³/mol. The summed E-state index contributed by atoms with van der Waals surface area (Å²) in [5, 5.41) is 9.75. The van der Waals surface area contributed by atoms with Gasteiger partial charge in [-0.1, -0.05) is 48.5 Å². The summed E-state index contributed by atoms with van der Waals surface area (Å²) < 4.78 is 14.8. The highest BCUT2D eigenvalue weighted by atomic mass is 32.1. The zero-order valence-corrected chi connectivity index (χ0v) is 23.1. The molecule has 4 aromatic rings. The number of nitrogens with zero attached hydrogens (tertiary/aromatic N) is 4. The summed E-state index contributed by atoms with van der Waals surface area (Å²) in [5.74, 6) is -0.731. The first-order valence-electron chi connectivity index (χ1n) is 13.6. The van der Waals surface area contributed by atoms with Gasteiger partial charge in [0, 0.05) is 32.4 Å². The molecule has 2 aliphatic rings. The van der Waals surface area contributed by atoms with E-state index in [1.165, 1.54) is 17.4 Å². The van der Waals surface area contributed by atoms with E-state index in [-0.39, 0.29) is 68.2 Å². The molecular formula is C31H29FN4O4S. The quantitative estimate of drug-likeness (QED) is 0.360. The molecule has 2 atom stereocenters. The van der Waals surface area contributed by atoms with Crippen LogP contribution in [0, 0.1) is 5.82 Å². The number of aromatic nitrogens is 1. The number of hydrogen-bond donors (Lipinski definition) is 1. The van der Waals surface area contributed by atoms with Gasteiger partial charge < -0.3 is 19.8 Å². The number of piperazine rings is 1. The molecule has 6 rings (SSSR count). The van der Waals surface area contributed by atoms with Crippen molar-refractivity contribution in [3.63, 3.8) is 0 Å². The second-order valence-electron chi connectivity index (χ2n) is 10.4.